The first-order valence-corrected chi connectivity index (χ1v) is 2.19. The Kier molecular flexibility index (Phi) is 0.889. The summed E-state index contributed by atoms with van der Waals surface area (Å²) in [5, 5.41) is 5.11. The van der Waals surface area contributed by atoms with Gasteiger partial charge in [0.05, 0.1) is 12.6 Å². The summed E-state index contributed by atoms with van der Waals surface area (Å²) in [4.78, 5) is 10.2. The highest BCUT2D eigenvalue weighted by Crippen LogP contribution is 1.90. The van der Waals surface area contributed by atoms with Crippen molar-refractivity contribution in [2.75, 3.05) is 0 Å². The summed E-state index contributed by atoms with van der Waals surface area (Å²) in [5.74, 6) is 0. The normalized spacial score (nSPS) is 29.3. The second kappa shape index (κ2) is 1.40. The molecule has 0 aliphatic carbocycles. The van der Waals surface area contributed by atoms with Crippen molar-refractivity contribution in [3.05, 3.63) is 6.54 Å². The van der Waals surface area contributed by atoms with Crippen LogP contribution >= 0.6 is 0 Å². The van der Waals surface area contributed by atoms with Crippen LogP contribution in [0.3, 0.4) is 0 Å². The van der Waals surface area contributed by atoms with E-state index in [1.54, 1.807) is 6.54 Å². The number of hydrogen-bond acceptors (Lipinski definition) is 1. The van der Waals surface area contributed by atoms with E-state index in [1.807, 2.05) is 6.92 Å². The van der Waals surface area contributed by atoms with Gasteiger partial charge in [-0.1, -0.05) is 0 Å². The van der Waals surface area contributed by atoms with Crippen molar-refractivity contribution < 1.29 is 4.79 Å². The molecule has 1 radical (unpaired) electrons. The summed E-state index contributed by atoms with van der Waals surface area (Å²) in [6.45, 7) is 3.61. The average Bonchev–Trinajstić information content (AvgIpc) is 1.87. The van der Waals surface area contributed by atoms with Crippen molar-refractivity contribution in [2.45, 2.75) is 13.0 Å². The van der Waals surface area contributed by atoms with Gasteiger partial charge < -0.3 is 10.6 Å². The molecule has 2 amide bonds. The second-order valence-electron chi connectivity index (χ2n) is 1.57. The first-order valence-electron chi connectivity index (χ1n) is 2.19. The summed E-state index contributed by atoms with van der Waals surface area (Å²) in [6, 6.07) is 0.0833. The molecule has 7 heavy (non-hydrogen) atoms. The van der Waals surface area contributed by atoms with E-state index in [9.17, 15) is 4.79 Å². The molecule has 0 spiro atoms. The molecule has 0 aromatic heterocycles. The molecule has 0 saturated carbocycles. The van der Waals surface area contributed by atoms with E-state index in [-0.39, 0.29) is 12.1 Å². The Labute approximate surface area is 42.1 Å². The fourth-order valence-corrected chi connectivity index (χ4v) is 0.491. The van der Waals surface area contributed by atoms with Gasteiger partial charge in [0, 0.05) is 0 Å². The molecular weight excluding hydrogens is 92.1 g/mol. The van der Waals surface area contributed by atoms with Crippen molar-refractivity contribution in [3.8, 4) is 0 Å². The Balaban J connectivity index is 2.40. The molecule has 3 nitrogen and oxygen atoms in total. The smallest absolute Gasteiger partial charge is 0.315 e. The molecule has 1 atom stereocenters. The standard InChI is InChI=1S/C4H7N2O/c1-3-2-5-4(7)6-3/h2-3H,1H3,(H2,5,6,7). The van der Waals surface area contributed by atoms with Gasteiger partial charge in [-0.05, 0) is 6.92 Å². The number of hydrogen-bond donors (Lipinski definition) is 2. The predicted molar refractivity (Wildman–Crippen MR) is 25.4 cm³/mol. The Bertz CT molecular complexity index is 91.7. The van der Waals surface area contributed by atoms with Crippen LogP contribution in [-0.4, -0.2) is 12.1 Å². The Morgan fingerprint density at radius 1 is 1.86 bits per heavy atom. The lowest BCUT2D eigenvalue weighted by molar-refractivity contribution is 0.248. The molecule has 1 saturated heterocycles. The Morgan fingerprint density at radius 2 is 2.57 bits per heavy atom. The maximum absolute atomic E-state index is 10.2. The lowest BCUT2D eigenvalue weighted by atomic mass is 10.4. The van der Waals surface area contributed by atoms with Gasteiger partial charge in [0.2, 0.25) is 0 Å². The molecule has 0 aromatic carbocycles. The third kappa shape index (κ3) is 0.824. The quantitative estimate of drug-likeness (QED) is 0.435. The van der Waals surface area contributed by atoms with E-state index in [2.05, 4.69) is 10.6 Å². The number of urea groups is 1. The molecular formula is C4H7N2O. The van der Waals surface area contributed by atoms with Crippen molar-refractivity contribution in [2.24, 2.45) is 0 Å². The van der Waals surface area contributed by atoms with Crippen LogP contribution in [0.4, 0.5) is 4.79 Å². The summed E-state index contributed by atoms with van der Waals surface area (Å²) in [5.41, 5.74) is 0. The molecule has 1 unspecified atom stereocenters. The lowest BCUT2D eigenvalue weighted by Gasteiger charge is -1.92. The number of amides is 2. The molecule has 3 heteroatoms. The van der Waals surface area contributed by atoms with Crippen molar-refractivity contribution in [1.82, 2.24) is 10.6 Å². The van der Waals surface area contributed by atoms with Crippen LogP contribution in [0.15, 0.2) is 0 Å². The third-order valence-corrected chi connectivity index (χ3v) is 0.823. The van der Waals surface area contributed by atoms with Crippen LogP contribution in [0, 0.1) is 6.54 Å². The van der Waals surface area contributed by atoms with E-state index in [0.29, 0.717) is 0 Å². The van der Waals surface area contributed by atoms with Crippen LogP contribution in [-0.2, 0) is 0 Å². The van der Waals surface area contributed by atoms with Gasteiger partial charge in [0.25, 0.3) is 0 Å². The largest absolute Gasteiger partial charge is 0.334 e. The first-order chi connectivity index (χ1) is 3.29. The summed E-state index contributed by atoms with van der Waals surface area (Å²) < 4.78 is 0. The predicted octanol–water partition coefficient (Wildman–Crippen LogP) is -0.151. The number of carbonyl (C=O) groups is 1. The fraction of sp³-hybridized carbons (Fsp3) is 0.500. The molecule has 1 heterocycles. The minimum Gasteiger partial charge on any atom is -0.334 e. The van der Waals surface area contributed by atoms with E-state index >= 15 is 0 Å². The molecule has 1 aliphatic rings. The monoisotopic (exact) mass is 99.1 g/mol. The van der Waals surface area contributed by atoms with Gasteiger partial charge in [-0.2, -0.15) is 0 Å². The van der Waals surface area contributed by atoms with Gasteiger partial charge in [0.15, 0.2) is 0 Å². The highest BCUT2D eigenvalue weighted by atomic mass is 16.2. The summed E-state index contributed by atoms with van der Waals surface area (Å²) in [6.07, 6.45) is 0. The van der Waals surface area contributed by atoms with Gasteiger partial charge >= 0.3 is 6.03 Å². The van der Waals surface area contributed by atoms with Crippen LogP contribution < -0.4 is 10.6 Å². The molecule has 39 valence electrons. The van der Waals surface area contributed by atoms with E-state index in [1.165, 1.54) is 0 Å². The molecule has 1 rings (SSSR count). The highest BCUT2D eigenvalue weighted by molar-refractivity contribution is 5.77. The second-order valence-corrected chi connectivity index (χ2v) is 1.57. The van der Waals surface area contributed by atoms with Crippen LogP contribution in [0.2, 0.25) is 0 Å². The number of carbonyl (C=O) groups excluding carboxylic acids is 1. The van der Waals surface area contributed by atoms with Crippen LogP contribution in [0.5, 0.6) is 0 Å². The van der Waals surface area contributed by atoms with Gasteiger partial charge in [-0.3, -0.25) is 0 Å². The maximum atomic E-state index is 10.2. The van der Waals surface area contributed by atoms with Crippen molar-refractivity contribution in [3.63, 3.8) is 0 Å². The maximum Gasteiger partial charge on any atom is 0.315 e. The van der Waals surface area contributed by atoms with Gasteiger partial charge in [-0.15, -0.1) is 0 Å². The Morgan fingerprint density at radius 3 is 2.71 bits per heavy atom. The van der Waals surface area contributed by atoms with E-state index in [0.717, 1.165) is 0 Å². The van der Waals surface area contributed by atoms with Gasteiger partial charge in [0.1, 0.15) is 0 Å². The number of rotatable bonds is 0. The molecule has 1 aliphatic heterocycles. The third-order valence-electron chi connectivity index (χ3n) is 0.823. The zero-order chi connectivity index (χ0) is 5.28. The van der Waals surface area contributed by atoms with E-state index in [4.69, 9.17) is 0 Å². The molecule has 0 bridgehead atoms. The molecule has 1 fully saturated rings. The van der Waals surface area contributed by atoms with Crippen molar-refractivity contribution >= 4 is 6.03 Å². The van der Waals surface area contributed by atoms with Gasteiger partial charge in [-0.25, -0.2) is 4.79 Å². The fourth-order valence-electron chi connectivity index (χ4n) is 0.491. The zero-order valence-corrected chi connectivity index (χ0v) is 4.06. The topological polar surface area (TPSA) is 41.1 Å². The average molecular weight is 99.1 g/mol. The van der Waals surface area contributed by atoms with E-state index < -0.39 is 0 Å². The zero-order valence-electron chi connectivity index (χ0n) is 4.06. The summed E-state index contributed by atoms with van der Waals surface area (Å²) in [7, 11) is 0. The highest BCUT2D eigenvalue weighted by Gasteiger charge is 2.13. The minimum atomic E-state index is -0.104. The van der Waals surface area contributed by atoms with Crippen LogP contribution in [0.25, 0.3) is 0 Å². The SMILES string of the molecule is CC1[CH]NC(=O)N1. The molecule has 2 N–H and O–H groups in total. The van der Waals surface area contributed by atoms with Crippen LogP contribution in [0.1, 0.15) is 6.92 Å². The minimum absolute atomic E-state index is 0.104. The number of nitrogens with one attached hydrogen (secondary N) is 2. The first kappa shape index (κ1) is 4.43. The lowest BCUT2D eigenvalue weighted by Crippen LogP contribution is -2.23. The summed E-state index contributed by atoms with van der Waals surface area (Å²) >= 11 is 0. The molecule has 0 aromatic rings. The Hall–Kier alpha value is -0.730. The van der Waals surface area contributed by atoms with Crippen molar-refractivity contribution in [1.29, 1.82) is 0 Å².